The zero-order chi connectivity index (χ0) is 11.5. The van der Waals surface area contributed by atoms with Crippen molar-refractivity contribution < 1.29 is 4.74 Å². The van der Waals surface area contributed by atoms with Crippen LogP contribution < -0.4 is 10.5 Å². The van der Waals surface area contributed by atoms with Crippen LogP contribution >= 0.6 is 22.9 Å². The number of ether oxygens (including phenoxy) is 1. The van der Waals surface area contributed by atoms with Gasteiger partial charge in [0.1, 0.15) is 5.75 Å². The van der Waals surface area contributed by atoms with Crippen molar-refractivity contribution in [3.8, 4) is 16.2 Å². The van der Waals surface area contributed by atoms with Gasteiger partial charge in [0.25, 0.3) is 0 Å². The molecule has 0 saturated carbocycles. The van der Waals surface area contributed by atoms with E-state index in [1.54, 1.807) is 18.4 Å². The highest BCUT2D eigenvalue weighted by Crippen LogP contribution is 2.33. The highest BCUT2D eigenvalue weighted by molar-refractivity contribution is 7.19. The van der Waals surface area contributed by atoms with Gasteiger partial charge in [-0.15, -0.1) is 11.3 Å². The molecule has 2 aromatic rings. The molecule has 16 heavy (non-hydrogen) atoms. The summed E-state index contributed by atoms with van der Waals surface area (Å²) in [7, 11) is 1.65. The third kappa shape index (κ3) is 2.21. The van der Waals surface area contributed by atoms with Crippen molar-refractivity contribution in [2.24, 2.45) is 5.73 Å². The number of rotatable bonds is 3. The summed E-state index contributed by atoms with van der Waals surface area (Å²) >= 11 is 7.47. The lowest BCUT2D eigenvalue weighted by Crippen LogP contribution is -1.99. The van der Waals surface area contributed by atoms with Crippen molar-refractivity contribution in [1.82, 2.24) is 0 Å². The van der Waals surface area contributed by atoms with Crippen molar-refractivity contribution in [3.05, 3.63) is 40.2 Å². The van der Waals surface area contributed by atoms with E-state index >= 15 is 0 Å². The maximum Gasteiger partial charge on any atom is 0.123 e. The standard InChI is InChI=1S/C12H12ClNOS/c1-15-10-3-2-8(6-9(10)7-14)11-4-5-12(13)16-11/h2-6H,7,14H2,1H3. The van der Waals surface area contributed by atoms with Crippen LogP contribution in [0.5, 0.6) is 5.75 Å². The Morgan fingerprint density at radius 2 is 2.12 bits per heavy atom. The molecular formula is C12H12ClNOS. The first-order valence-corrected chi connectivity index (χ1v) is 6.06. The average Bonchev–Trinajstić information content (AvgIpc) is 2.75. The fraction of sp³-hybridized carbons (Fsp3) is 0.167. The summed E-state index contributed by atoms with van der Waals surface area (Å²) in [4.78, 5) is 1.14. The molecule has 0 aliphatic carbocycles. The molecule has 0 radical (unpaired) electrons. The van der Waals surface area contributed by atoms with Crippen LogP contribution in [0.1, 0.15) is 5.56 Å². The monoisotopic (exact) mass is 253 g/mol. The van der Waals surface area contributed by atoms with Crippen molar-refractivity contribution in [2.75, 3.05) is 7.11 Å². The summed E-state index contributed by atoms with van der Waals surface area (Å²) in [6.45, 7) is 0.468. The van der Waals surface area contributed by atoms with Gasteiger partial charge in [0.2, 0.25) is 0 Å². The first kappa shape index (κ1) is 11.5. The van der Waals surface area contributed by atoms with Gasteiger partial charge in [-0.25, -0.2) is 0 Å². The van der Waals surface area contributed by atoms with Gasteiger partial charge in [0.05, 0.1) is 11.4 Å². The van der Waals surface area contributed by atoms with Crippen molar-refractivity contribution >= 4 is 22.9 Å². The minimum Gasteiger partial charge on any atom is -0.496 e. The van der Waals surface area contributed by atoms with E-state index in [1.165, 1.54) is 0 Å². The van der Waals surface area contributed by atoms with Gasteiger partial charge in [0.15, 0.2) is 0 Å². The molecule has 0 amide bonds. The lowest BCUT2D eigenvalue weighted by molar-refractivity contribution is 0.410. The molecule has 0 aliphatic heterocycles. The van der Waals surface area contributed by atoms with Gasteiger partial charge < -0.3 is 10.5 Å². The van der Waals surface area contributed by atoms with Crippen molar-refractivity contribution in [3.63, 3.8) is 0 Å². The molecule has 84 valence electrons. The number of hydrogen-bond acceptors (Lipinski definition) is 3. The van der Waals surface area contributed by atoms with E-state index in [2.05, 4.69) is 0 Å². The molecule has 0 atom stereocenters. The largest absolute Gasteiger partial charge is 0.496 e. The molecular weight excluding hydrogens is 242 g/mol. The number of hydrogen-bond donors (Lipinski definition) is 1. The number of halogens is 1. The summed E-state index contributed by atoms with van der Waals surface area (Å²) in [5, 5.41) is 0. The maximum absolute atomic E-state index is 5.91. The molecule has 2 N–H and O–H groups in total. The zero-order valence-electron chi connectivity index (χ0n) is 8.87. The molecule has 0 fully saturated rings. The summed E-state index contributed by atoms with van der Waals surface area (Å²) < 4.78 is 6.02. The molecule has 0 bridgehead atoms. The van der Waals surface area contributed by atoms with Crippen LogP contribution in [0.3, 0.4) is 0 Å². The van der Waals surface area contributed by atoms with Crippen LogP contribution in [0.4, 0.5) is 0 Å². The first-order chi connectivity index (χ1) is 7.74. The molecule has 0 unspecified atom stereocenters. The topological polar surface area (TPSA) is 35.2 Å². The van der Waals surface area contributed by atoms with E-state index < -0.39 is 0 Å². The summed E-state index contributed by atoms with van der Waals surface area (Å²) in [5.74, 6) is 0.828. The Bertz CT molecular complexity index is 496. The molecule has 1 aromatic heterocycles. The molecule has 0 aliphatic rings. The van der Waals surface area contributed by atoms with Crippen LogP contribution in [-0.2, 0) is 6.54 Å². The van der Waals surface area contributed by atoms with E-state index in [0.29, 0.717) is 6.54 Å². The van der Waals surface area contributed by atoms with Crippen LogP contribution in [0, 0.1) is 0 Å². The normalized spacial score (nSPS) is 10.4. The number of thiophene rings is 1. The molecule has 2 nitrogen and oxygen atoms in total. The molecule has 2 rings (SSSR count). The minimum atomic E-state index is 0.468. The second kappa shape index (κ2) is 4.87. The van der Waals surface area contributed by atoms with Gasteiger partial charge in [-0.05, 0) is 35.9 Å². The fourth-order valence-corrected chi connectivity index (χ4v) is 2.60. The predicted molar refractivity (Wildman–Crippen MR) is 69.2 cm³/mol. The third-order valence-electron chi connectivity index (χ3n) is 2.36. The summed E-state index contributed by atoms with van der Waals surface area (Å²) in [5.41, 5.74) is 7.80. The molecule has 4 heteroatoms. The Balaban J connectivity index is 2.43. The van der Waals surface area contributed by atoms with Crippen LogP contribution in [0.25, 0.3) is 10.4 Å². The van der Waals surface area contributed by atoms with Gasteiger partial charge in [0, 0.05) is 17.0 Å². The van der Waals surface area contributed by atoms with Crippen LogP contribution in [0.2, 0.25) is 4.34 Å². The van der Waals surface area contributed by atoms with Crippen molar-refractivity contribution in [2.45, 2.75) is 6.54 Å². The zero-order valence-corrected chi connectivity index (χ0v) is 10.4. The van der Waals surface area contributed by atoms with E-state index in [4.69, 9.17) is 22.1 Å². The Hall–Kier alpha value is -1.03. The highest BCUT2D eigenvalue weighted by Gasteiger charge is 2.06. The fourth-order valence-electron chi connectivity index (χ4n) is 1.56. The Morgan fingerprint density at radius 3 is 2.69 bits per heavy atom. The second-order valence-electron chi connectivity index (χ2n) is 3.33. The maximum atomic E-state index is 5.91. The Kier molecular flexibility index (Phi) is 3.49. The average molecular weight is 254 g/mol. The number of nitrogens with two attached hydrogens (primary N) is 1. The smallest absolute Gasteiger partial charge is 0.123 e. The second-order valence-corrected chi connectivity index (χ2v) is 5.05. The van der Waals surface area contributed by atoms with Gasteiger partial charge in [-0.3, -0.25) is 0 Å². The summed E-state index contributed by atoms with van der Waals surface area (Å²) in [6.07, 6.45) is 0. The van der Waals surface area contributed by atoms with E-state index in [9.17, 15) is 0 Å². The first-order valence-electron chi connectivity index (χ1n) is 4.87. The highest BCUT2D eigenvalue weighted by atomic mass is 35.5. The molecule has 0 saturated heterocycles. The summed E-state index contributed by atoms with van der Waals surface area (Å²) in [6, 6.07) is 9.90. The lowest BCUT2D eigenvalue weighted by Gasteiger charge is -2.08. The lowest BCUT2D eigenvalue weighted by atomic mass is 10.1. The van der Waals surface area contributed by atoms with E-state index in [-0.39, 0.29) is 0 Å². The van der Waals surface area contributed by atoms with Gasteiger partial charge >= 0.3 is 0 Å². The van der Waals surface area contributed by atoms with Crippen LogP contribution in [0.15, 0.2) is 30.3 Å². The molecule has 0 spiro atoms. The quantitative estimate of drug-likeness (QED) is 0.908. The predicted octanol–water partition coefficient (Wildman–Crippen LogP) is 3.54. The Labute approximate surface area is 104 Å². The van der Waals surface area contributed by atoms with E-state index in [0.717, 1.165) is 26.1 Å². The van der Waals surface area contributed by atoms with Crippen molar-refractivity contribution in [1.29, 1.82) is 0 Å². The van der Waals surface area contributed by atoms with E-state index in [1.807, 2.05) is 30.3 Å². The number of methoxy groups -OCH3 is 1. The minimum absolute atomic E-state index is 0.468. The van der Waals surface area contributed by atoms with Gasteiger partial charge in [-0.1, -0.05) is 11.6 Å². The third-order valence-corrected chi connectivity index (χ3v) is 3.64. The number of benzene rings is 1. The molecule has 1 heterocycles. The Morgan fingerprint density at radius 1 is 1.31 bits per heavy atom. The molecule has 1 aromatic carbocycles. The van der Waals surface area contributed by atoms with Crippen LogP contribution in [-0.4, -0.2) is 7.11 Å². The SMILES string of the molecule is COc1ccc(-c2ccc(Cl)s2)cc1CN. The van der Waals surface area contributed by atoms with Gasteiger partial charge in [-0.2, -0.15) is 0 Å².